The van der Waals surface area contributed by atoms with Gasteiger partial charge in [-0.2, -0.15) is 0 Å². The molecule has 2 fully saturated rings. The first-order valence-corrected chi connectivity index (χ1v) is 12.5. The van der Waals surface area contributed by atoms with Gasteiger partial charge in [-0.05, 0) is 68.5 Å². The maximum atomic E-state index is 13.9. The van der Waals surface area contributed by atoms with Crippen LogP contribution in [0, 0.1) is 11.6 Å². The van der Waals surface area contributed by atoms with Crippen molar-refractivity contribution >= 4 is 40.9 Å². The molecular formula is C25H26Cl2F2N4O3. The summed E-state index contributed by atoms with van der Waals surface area (Å²) < 4.78 is 27.3. The number of nitrogens with one attached hydrogen (secondary N) is 1. The summed E-state index contributed by atoms with van der Waals surface area (Å²) in [6, 6.07) is 7.09. The van der Waals surface area contributed by atoms with E-state index in [4.69, 9.17) is 28.9 Å². The van der Waals surface area contributed by atoms with E-state index in [-0.39, 0.29) is 46.3 Å². The van der Waals surface area contributed by atoms with Crippen LogP contribution in [-0.4, -0.2) is 58.9 Å². The zero-order chi connectivity index (χ0) is 26.0. The SMILES string of the molecule is NC1CCC(NC(=O)C2N(C(=O)c3ccc(F)c(F)c3)CCCN2C(=O)c2ccc(Cl)c(Cl)c2)CC1. The second-order valence-corrected chi connectivity index (χ2v) is 9.92. The Balaban J connectivity index is 1.66. The molecule has 3 N–H and O–H groups in total. The van der Waals surface area contributed by atoms with Gasteiger partial charge in [0.15, 0.2) is 17.8 Å². The molecule has 1 aliphatic heterocycles. The van der Waals surface area contributed by atoms with E-state index < -0.39 is 35.5 Å². The highest BCUT2D eigenvalue weighted by molar-refractivity contribution is 6.42. The minimum absolute atomic E-state index is 0.0759. The maximum Gasteiger partial charge on any atom is 0.264 e. The van der Waals surface area contributed by atoms with Gasteiger partial charge in [-0.15, -0.1) is 0 Å². The lowest BCUT2D eigenvalue weighted by molar-refractivity contribution is -0.133. The van der Waals surface area contributed by atoms with E-state index in [9.17, 15) is 23.2 Å². The quantitative estimate of drug-likeness (QED) is 0.615. The van der Waals surface area contributed by atoms with E-state index in [0.717, 1.165) is 31.0 Å². The molecule has 11 heteroatoms. The van der Waals surface area contributed by atoms with Gasteiger partial charge in [0.25, 0.3) is 17.7 Å². The minimum Gasteiger partial charge on any atom is -0.350 e. The van der Waals surface area contributed by atoms with E-state index in [1.54, 1.807) is 0 Å². The normalized spacial score (nSPS) is 22.3. The van der Waals surface area contributed by atoms with Gasteiger partial charge < -0.3 is 20.9 Å². The Morgan fingerprint density at radius 3 is 2.00 bits per heavy atom. The molecule has 0 bridgehead atoms. The van der Waals surface area contributed by atoms with E-state index in [0.29, 0.717) is 19.3 Å². The van der Waals surface area contributed by atoms with Crippen molar-refractivity contribution in [2.45, 2.75) is 50.4 Å². The average molecular weight is 539 g/mol. The molecule has 2 aliphatic rings. The number of benzene rings is 2. The van der Waals surface area contributed by atoms with Gasteiger partial charge >= 0.3 is 0 Å². The number of nitrogens with zero attached hydrogens (tertiary/aromatic N) is 2. The third kappa shape index (κ3) is 5.63. The van der Waals surface area contributed by atoms with E-state index in [1.807, 2.05) is 0 Å². The molecule has 4 rings (SSSR count). The predicted molar refractivity (Wildman–Crippen MR) is 132 cm³/mol. The van der Waals surface area contributed by atoms with Crippen molar-refractivity contribution in [1.29, 1.82) is 0 Å². The lowest BCUT2D eigenvalue weighted by Gasteiger charge is -2.43. The summed E-state index contributed by atoms with van der Waals surface area (Å²) in [5.41, 5.74) is 6.05. The summed E-state index contributed by atoms with van der Waals surface area (Å²) in [6.45, 7) is 0.352. The zero-order valence-electron chi connectivity index (χ0n) is 19.4. The number of carbonyl (C=O) groups is 3. The number of hydrogen-bond acceptors (Lipinski definition) is 4. The standard InChI is InChI=1S/C25H26Cl2F2N4O3/c26-18-8-2-14(12-19(18)27)24(35)32-10-1-11-33(25(36)15-3-9-20(28)21(29)13-15)23(32)22(34)31-17-6-4-16(30)5-7-17/h2-3,8-9,12-13,16-17,23H,1,4-7,10-11,30H2,(H,31,34). The molecule has 0 aromatic heterocycles. The van der Waals surface area contributed by atoms with E-state index >= 15 is 0 Å². The third-order valence-electron chi connectivity index (χ3n) is 6.60. The summed E-state index contributed by atoms with van der Waals surface area (Å²) in [4.78, 5) is 43.0. The number of halogens is 4. The van der Waals surface area contributed by atoms with E-state index in [2.05, 4.69) is 5.32 Å². The van der Waals surface area contributed by atoms with Crippen molar-refractivity contribution in [3.63, 3.8) is 0 Å². The van der Waals surface area contributed by atoms with Crippen molar-refractivity contribution in [2.75, 3.05) is 13.1 Å². The smallest absolute Gasteiger partial charge is 0.264 e. The zero-order valence-corrected chi connectivity index (χ0v) is 20.9. The third-order valence-corrected chi connectivity index (χ3v) is 7.34. The minimum atomic E-state index is -1.29. The molecule has 0 radical (unpaired) electrons. The number of rotatable bonds is 4. The average Bonchev–Trinajstić information content (AvgIpc) is 2.87. The van der Waals surface area contributed by atoms with E-state index in [1.165, 1.54) is 28.0 Å². The second-order valence-electron chi connectivity index (χ2n) is 9.10. The Morgan fingerprint density at radius 2 is 1.42 bits per heavy atom. The molecular weight excluding hydrogens is 513 g/mol. The molecule has 36 heavy (non-hydrogen) atoms. The van der Waals surface area contributed by atoms with Crippen LogP contribution in [0.25, 0.3) is 0 Å². The Labute approximate surface area is 217 Å². The van der Waals surface area contributed by atoms with Crippen LogP contribution in [0.2, 0.25) is 10.0 Å². The molecule has 1 saturated heterocycles. The largest absolute Gasteiger partial charge is 0.350 e. The summed E-state index contributed by atoms with van der Waals surface area (Å²) in [7, 11) is 0. The molecule has 2 aromatic carbocycles. The van der Waals surface area contributed by atoms with Crippen LogP contribution in [0.4, 0.5) is 8.78 Å². The van der Waals surface area contributed by atoms with Gasteiger partial charge in [-0.1, -0.05) is 23.2 Å². The Bertz CT molecular complexity index is 1100. The van der Waals surface area contributed by atoms with Crippen LogP contribution in [0.1, 0.15) is 52.8 Å². The van der Waals surface area contributed by atoms with Gasteiger partial charge in [0, 0.05) is 36.3 Å². The van der Waals surface area contributed by atoms with Crippen LogP contribution in [-0.2, 0) is 4.79 Å². The Hall–Kier alpha value is -2.75. The monoisotopic (exact) mass is 538 g/mol. The molecule has 1 heterocycles. The van der Waals surface area contributed by atoms with Crippen molar-refractivity contribution in [3.8, 4) is 0 Å². The summed E-state index contributed by atoms with van der Waals surface area (Å²) in [5, 5.41) is 3.40. The van der Waals surface area contributed by atoms with Crippen LogP contribution in [0.3, 0.4) is 0 Å². The fraction of sp³-hybridized carbons (Fsp3) is 0.400. The Kier molecular flexibility index (Phi) is 8.12. The van der Waals surface area contributed by atoms with Gasteiger partial charge in [0.1, 0.15) is 0 Å². The van der Waals surface area contributed by atoms with Crippen molar-refractivity contribution in [1.82, 2.24) is 15.1 Å². The molecule has 1 saturated carbocycles. The summed E-state index contributed by atoms with van der Waals surface area (Å²) >= 11 is 12.1. The number of hydrogen-bond donors (Lipinski definition) is 2. The topological polar surface area (TPSA) is 95.7 Å². The number of carbonyl (C=O) groups excluding carboxylic acids is 3. The van der Waals surface area contributed by atoms with Gasteiger partial charge in [-0.3, -0.25) is 14.4 Å². The first-order chi connectivity index (χ1) is 17.2. The highest BCUT2D eigenvalue weighted by atomic mass is 35.5. The van der Waals surface area contributed by atoms with Gasteiger partial charge in [-0.25, -0.2) is 8.78 Å². The fourth-order valence-electron chi connectivity index (χ4n) is 4.66. The van der Waals surface area contributed by atoms with Crippen LogP contribution in [0.15, 0.2) is 36.4 Å². The number of amides is 3. The number of nitrogens with two attached hydrogens (primary N) is 1. The van der Waals surface area contributed by atoms with Crippen LogP contribution < -0.4 is 11.1 Å². The van der Waals surface area contributed by atoms with Gasteiger partial charge in [0.2, 0.25) is 0 Å². The predicted octanol–water partition coefficient (Wildman–Crippen LogP) is 3.97. The summed E-state index contributed by atoms with van der Waals surface area (Å²) in [5.74, 6) is -4.00. The van der Waals surface area contributed by atoms with Crippen LogP contribution in [0.5, 0.6) is 0 Å². The summed E-state index contributed by atoms with van der Waals surface area (Å²) in [6.07, 6.45) is 1.94. The highest BCUT2D eigenvalue weighted by Gasteiger charge is 2.41. The van der Waals surface area contributed by atoms with Crippen molar-refractivity contribution in [3.05, 3.63) is 69.2 Å². The molecule has 1 aliphatic carbocycles. The molecule has 7 nitrogen and oxygen atoms in total. The van der Waals surface area contributed by atoms with Gasteiger partial charge in [0.05, 0.1) is 10.0 Å². The molecule has 1 atom stereocenters. The highest BCUT2D eigenvalue weighted by Crippen LogP contribution is 2.27. The molecule has 2 aromatic rings. The molecule has 1 unspecified atom stereocenters. The van der Waals surface area contributed by atoms with Crippen LogP contribution >= 0.6 is 23.2 Å². The second kappa shape index (κ2) is 11.1. The fourth-order valence-corrected chi connectivity index (χ4v) is 4.96. The Morgan fingerprint density at radius 1 is 0.833 bits per heavy atom. The molecule has 0 spiro atoms. The maximum absolute atomic E-state index is 13.9. The molecule has 3 amide bonds. The first-order valence-electron chi connectivity index (χ1n) is 11.7. The molecule has 192 valence electrons. The lowest BCUT2D eigenvalue weighted by atomic mass is 9.91. The first kappa shape index (κ1) is 26.3. The van der Waals surface area contributed by atoms with Crippen molar-refractivity contribution < 1.29 is 23.2 Å². The lowest BCUT2D eigenvalue weighted by Crippen LogP contribution is -2.64. The van der Waals surface area contributed by atoms with Crippen molar-refractivity contribution in [2.24, 2.45) is 5.73 Å².